The number of nitrogens with one attached hydrogen (secondary N) is 2. The quantitative estimate of drug-likeness (QED) is 0.898. The van der Waals surface area contributed by atoms with Gasteiger partial charge in [-0.2, -0.15) is 0 Å². The molecule has 1 aromatic carbocycles. The molecule has 0 saturated heterocycles. The number of benzene rings is 1. The van der Waals surface area contributed by atoms with E-state index in [1.807, 2.05) is 0 Å². The minimum Gasteiger partial charge on any atom is -0.329 e. The maximum atomic E-state index is 13.1. The van der Waals surface area contributed by atoms with Gasteiger partial charge in [0.25, 0.3) is 5.56 Å². The van der Waals surface area contributed by atoms with Crippen molar-refractivity contribution in [2.75, 3.05) is 13.1 Å². The van der Waals surface area contributed by atoms with Gasteiger partial charge >= 0.3 is 0 Å². The van der Waals surface area contributed by atoms with Gasteiger partial charge in [0, 0.05) is 11.0 Å². The molecule has 0 amide bonds. The number of nitrogens with zero attached hydrogens (tertiary/aromatic N) is 1. The summed E-state index contributed by atoms with van der Waals surface area (Å²) in [4.78, 5) is 22.7. The number of aromatic nitrogens is 2. The van der Waals surface area contributed by atoms with Crippen LogP contribution in [-0.4, -0.2) is 23.1 Å². The lowest BCUT2D eigenvalue weighted by molar-refractivity contribution is -0.910. The van der Waals surface area contributed by atoms with E-state index in [0.29, 0.717) is 0 Å². The maximum absolute atomic E-state index is 13.1. The van der Waals surface area contributed by atoms with Crippen LogP contribution in [0.4, 0.5) is 0 Å². The summed E-state index contributed by atoms with van der Waals surface area (Å²) in [6.07, 6.45) is 5.64. The Morgan fingerprint density at radius 1 is 1.16 bits per heavy atom. The molecule has 4 rings (SSSR count). The molecule has 0 atom stereocenters. The Labute approximate surface area is 149 Å². The molecule has 1 spiro atoms. The first-order valence-corrected chi connectivity index (χ1v) is 9.72. The van der Waals surface area contributed by atoms with Crippen molar-refractivity contribution in [3.05, 3.63) is 51.6 Å². The standard InChI is InChI=1S/C21H27N3O/c1-3-24(4-2)14-17-22-19-16-10-6-5-9-15(16)13-21(11-7-8-12-21)18(19)20(25)23-17/h5-6,9-10H,3-4,7-8,11-14H2,1-2H3,(H,22,23,25)/p+1. The van der Waals surface area contributed by atoms with E-state index in [1.165, 1.54) is 23.3 Å². The molecule has 0 radical (unpaired) electrons. The van der Waals surface area contributed by atoms with Gasteiger partial charge in [-0.15, -0.1) is 0 Å². The fourth-order valence-electron chi connectivity index (χ4n) is 4.86. The highest BCUT2D eigenvalue weighted by molar-refractivity contribution is 5.71. The third-order valence-corrected chi connectivity index (χ3v) is 6.28. The van der Waals surface area contributed by atoms with Gasteiger partial charge in [0.15, 0.2) is 5.82 Å². The summed E-state index contributed by atoms with van der Waals surface area (Å²) in [5.74, 6) is 0.826. The third-order valence-electron chi connectivity index (χ3n) is 6.28. The first-order valence-electron chi connectivity index (χ1n) is 9.72. The summed E-state index contributed by atoms with van der Waals surface area (Å²) in [5.41, 5.74) is 4.54. The van der Waals surface area contributed by atoms with E-state index >= 15 is 0 Å². The van der Waals surface area contributed by atoms with Crippen LogP contribution in [0.1, 0.15) is 56.5 Å². The molecule has 0 bridgehead atoms. The molecular weight excluding hydrogens is 310 g/mol. The molecule has 2 N–H and O–H groups in total. The molecule has 1 fully saturated rings. The highest BCUT2D eigenvalue weighted by atomic mass is 16.1. The Balaban J connectivity index is 1.88. The van der Waals surface area contributed by atoms with Crippen molar-refractivity contribution in [3.63, 3.8) is 0 Å². The molecule has 2 aromatic rings. The van der Waals surface area contributed by atoms with Crippen molar-refractivity contribution < 1.29 is 4.90 Å². The minimum atomic E-state index is 0.00482. The van der Waals surface area contributed by atoms with Crippen molar-refractivity contribution in [1.29, 1.82) is 0 Å². The summed E-state index contributed by atoms with van der Waals surface area (Å²) in [6, 6.07) is 8.53. The summed E-state index contributed by atoms with van der Waals surface area (Å²) in [5, 5.41) is 0. The zero-order valence-electron chi connectivity index (χ0n) is 15.3. The van der Waals surface area contributed by atoms with Crippen LogP contribution >= 0.6 is 0 Å². The van der Waals surface area contributed by atoms with Crippen LogP contribution in [-0.2, 0) is 18.4 Å². The topological polar surface area (TPSA) is 50.2 Å². The van der Waals surface area contributed by atoms with Gasteiger partial charge < -0.3 is 9.88 Å². The fourth-order valence-corrected chi connectivity index (χ4v) is 4.86. The molecule has 4 nitrogen and oxygen atoms in total. The fraction of sp³-hybridized carbons (Fsp3) is 0.524. The van der Waals surface area contributed by atoms with Gasteiger partial charge in [-0.3, -0.25) is 4.79 Å². The lowest BCUT2D eigenvalue weighted by atomic mass is 9.68. The zero-order chi connectivity index (χ0) is 17.4. The molecule has 2 aliphatic rings. The summed E-state index contributed by atoms with van der Waals surface area (Å²) >= 11 is 0. The van der Waals surface area contributed by atoms with E-state index in [-0.39, 0.29) is 11.0 Å². The van der Waals surface area contributed by atoms with Crippen LogP contribution in [0.5, 0.6) is 0 Å². The first-order chi connectivity index (χ1) is 12.2. The van der Waals surface area contributed by atoms with Crippen LogP contribution in [0, 0.1) is 0 Å². The Hall–Kier alpha value is -1.94. The molecule has 132 valence electrons. The van der Waals surface area contributed by atoms with Crippen LogP contribution < -0.4 is 10.5 Å². The number of hydrogen-bond acceptors (Lipinski definition) is 2. The van der Waals surface area contributed by atoms with Gasteiger partial charge in [-0.1, -0.05) is 37.1 Å². The number of fused-ring (bicyclic) bond motifs is 4. The van der Waals surface area contributed by atoms with E-state index in [1.54, 1.807) is 0 Å². The number of hydrogen-bond donors (Lipinski definition) is 2. The van der Waals surface area contributed by atoms with Crippen molar-refractivity contribution >= 4 is 0 Å². The number of aromatic amines is 1. The monoisotopic (exact) mass is 338 g/mol. The van der Waals surface area contributed by atoms with E-state index in [2.05, 4.69) is 43.1 Å². The van der Waals surface area contributed by atoms with Gasteiger partial charge in [-0.25, -0.2) is 4.98 Å². The largest absolute Gasteiger partial charge is 0.329 e. The van der Waals surface area contributed by atoms with Gasteiger partial charge in [0.05, 0.1) is 24.3 Å². The Kier molecular flexibility index (Phi) is 4.24. The average Bonchev–Trinajstić information content (AvgIpc) is 3.08. The molecule has 2 aliphatic carbocycles. The normalized spacial score (nSPS) is 17.7. The molecule has 1 heterocycles. The van der Waals surface area contributed by atoms with Crippen molar-refractivity contribution in [2.45, 2.75) is 57.9 Å². The van der Waals surface area contributed by atoms with Gasteiger partial charge in [-0.05, 0) is 38.7 Å². The molecule has 4 heteroatoms. The zero-order valence-corrected chi connectivity index (χ0v) is 15.3. The predicted octanol–water partition coefficient (Wildman–Crippen LogP) is 2.23. The van der Waals surface area contributed by atoms with E-state index < -0.39 is 0 Å². The molecule has 25 heavy (non-hydrogen) atoms. The van der Waals surface area contributed by atoms with Gasteiger partial charge in [0.2, 0.25) is 0 Å². The van der Waals surface area contributed by atoms with Crippen LogP contribution in [0.25, 0.3) is 11.3 Å². The van der Waals surface area contributed by atoms with Crippen molar-refractivity contribution in [2.24, 2.45) is 0 Å². The van der Waals surface area contributed by atoms with Gasteiger partial charge in [0.1, 0.15) is 6.54 Å². The Morgan fingerprint density at radius 3 is 2.60 bits per heavy atom. The Bertz CT molecular complexity index is 829. The van der Waals surface area contributed by atoms with Crippen LogP contribution in [0.15, 0.2) is 29.1 Å². The highest BCUT2D eigenvalue weighted by Gasteiger charge is 2.43. The predicted molar refractivity (Wildman–Crippen MR) is 99.9 cm³/mol. The molecule has 0 unspecified atom stereocenters. The lowest BCUT2D eigenvalue weighted by Crippen LogP contribution is -3.10. The number of quaternary nitrogens is 1. The molecule has 0 aliphatic heterocycles. The summed E-state index contributed by atoms with van der Waals surface area (Å²) in [6.45, 7) is 7.22. The van der Waals surface area contributed by atoms with Crippen molar-refractivity contribution in [3.8, 4) is 11.3 Å². The van der Waals surface area contributed by atoms with Crippen LogP contribution in [0.3, 0.4) is 0 Å². The first kappa shape index (κ1) is 16.5. The van der Waals surface area contributed by atoms with Crippen LogP contribution in [0.2, 0.25) is 0 Å². The van der Waals surface area contributed by atoms with E-state index in [0.717, 1.165) is 61.5 Å². The SMILES string of the molecule is CC[NH+](CC)Cc1nc2c(c(=O)[nH]1)C1(CCCC1)Cc1ccccc1-2. The smallest absolute Gasteiger partial charge is 0.255 e. The minimum absolute atomic E-state index is 0.00482. The molecular formula is C21H28N3O+. The second-order valence-electron chi connectivity index (χ2n) is 7.69. The lowest BCUT2D eigenvalue weighted by Gasteiger charge is -2.35. The summed E-state index contributed by atoms with van der Waals surface area (Å²) < 4.78 is 0. The second kappa shape index (κ2) is 6.41. The third kappa shape index (κ3) is 2.73. The van der Waals surface area contributed by atoms with E-state index in [9.17, 15) is 4.79 Å². The maximum Gasteiger partial charge on any atom is 0.255 e. The molecule has 1 saturated carbocycles. The number of rotatable bonds is 4. The van der Waals surface area contributed by atoms with Crippen molar-refractivity contribution in [1.82, 2.24) is 9.97 Å². The number of H-pyrrole nitrogens is 1. The highest BCUT2D eigenvalue weighted by Crippen LogP contribution is 2.49. The molecule has 1 aromatic heterocycles. The Morgan fingerprint density at radius 2 is 1.88 bits per heavy atom. The van der Waals surface area contributed by atoms with E-state index in [4.69, 9.17) is 4.98 Å². The average molecular weight is 338 g/mol. The second-order valence-corrected chi connectivity index (χ2v) is 7.69. The summed E-state index contributed by atoms with van der Waals surface area (Å²) in [7, 11) is 0.